The van der Waals surface area contributed by atoms with Crippen LogP contribution in [0.4, 0.5) is 0 Å². The number of hydrogen-bond acceptors (Lipinski definition) is 4. The molecular formula is C20H20N4O2. The van der Waals surface area contributed by atoms with Crippen LogP contribution in [0.25, 0.3) is 17.3 Å². The molecule has 3 rings (SSSR count). The summed E-state index contributed by atoms with van der Waals surface area (Å²) in [6, 6.07) is 16.5. The van der Waals surface area contributed by atoms with Gasteiger partial charge in [-0.15, -0.1) is 5.10 Å². The lowest BCUT2D eigenvalue weighted by Gasteiger charge is -2.15. The molecule has 0 aliphatic heterocycles. The normalized spacial score (nSPS) is 11.0. The van der Waals surface area contributed by atoms with Gasteiger partial charge in [0, 0.05) is 32.3 Å². The van der Waals surface area contributed by atoms with E-state index in [-0.39, 0.29) is 11.7 Å². The van der Waals surface area contributed by atoms with Gasteiger partial charge < -0.3 is 10.0 Å². The third-order valence-electron chi connectivity index (χ3n) is 4.03. The molecule has 26 heavy (non-hydrogen) atoms. The second-order valence-corrected chi connectivity index (χ2v) is 6.01. The minimum atomic E-state index is -0.105. The number of carbonyl (C=O) groups is 1. The number of hydrogen-bond donors (Lipinski definition) is 1. The summed E-state index contributed by atoms with van der Waals surface area (Å²) >= 11 is 0. The third kappa shape index (κ3) is 3.97. The standard InChI is InChI=1S/C20H20N4O2/c1-23(14-15-6-4-3-5-7-15)19(26)13-12-18-20(21-22-24(18)2)16-8-10-17(25)11-9-16/h3-13,25H,14H2,1-2H3/b13-12+. The summed E-state index contributed by atoms with van der Waals surface area (Å²) in [5.74, 6) is 0.0826. The number of carbonyl (C=O) groups excluding carboxylic acids is 1. The highest BCUT2D eigenvalue weighted by Crippen LogP contribution is 2.23. The van der Waals surface area contributed by atoms with Crippen LogP contribution in [-0.2, 0) is 18.4 Å². The van der Waals surface area contributed by atoms with Crippen LogP contribution in [-0.4, -0.2) is 38.0 Å². The van der Waals surface area contributed by atoms with Crippen LogP contribution in [0.5, 0.6) is 5.75 Å². The zero-order valence-electron chi connectivity index (χ0n) is 14.7. The molecule has 0 aliphatic carbocycles. The molecule has 0 atom stereocenters. The van der Waals surface area contributed by atoms with Crippen LogP contribution in [0.3, 0.4) is 0 Å². The van der Waals surface area contributed by atoms with Crippen molar-refractivity contribution in [3.8, 4) is 17.0 Å². The van der Waals surface area contributed by atoms with Crippen molar-refractivity contribution in [1.29, 1.82) is 0 Å². The number of phenolic OH excluding ortho intramolecular Hbond substituents is 1. The molecule has 0 bridgehead atoms. The Bertz CT molecular complexity index is 915. The van der Waals surface area contributed by atoms with Crippen LogP contribution in [0.2, 0.25) is 0 Å². The molecule has 6 nitrogen and oxygen atoms in total. The Morgan fingerprint density at radius 2 is 1.85 bits per heavy atom. The van der Waals surface area contributed by atoms with E-state index < -0.39 is 0 Å². The van der Waals surface area contributed by atoms with Gasteiger partial charge >= 0.3 is 0 Å². The Hall–Kier alpha value is -3.41. The molecule has 0 aliphatic rings. The van der Waals surface area contributed by atoms with Crippen molar-refractivity contribution in [2.24, 2.45) is 7.05 Å². The number of rotatable bonds is 5. The fraction of sp³-hybridized carbons (Fsp3) is 0.150. The number of phenols is 1. The first-order chi connectivity index (χ1) is 12.5. The van der Waals surface area contributed by atoms with Crippen LogP contribution in [0.1, 0.15) is 11.3 Å². The molecule has 0 radical (unpaired) electrons. The molecule has 3 aromatic rings. The van der Waals surface area contributed by atoms with E-state index in [0.29, 0.717) is 12.2 Å². The molecule has 1 aromatic heterocycles. The molecule has 0 spiro atoms. The maximum Gasteiger partial charge on any atom is 0.246 e. The Labute approximate surface area is 152 Å². The lowest BCUT2D eigenvalue weighted by Crippen LogP contribution is -2.24. The topological polar surface area (TPSA) is 71.2 Å². The van der Waals surface area contributed by atoms with Crippen molar-refractivity contribution >= 4 is 12.0 Å². The highest BCUT2D eigenvalue weighted by molar-refractivity contribution is 5.92. The Balaban J connectivity index is 1.77. The minimum absolute atomic E-state index is 0.105. The number of nitrogens with zero attached hydrogens (tertiary/aromatic N) is 4. The van der Waals surface area contributed by atoms with Gasteiger partial charge in [-0.05, 0) is 35.9 Å². The fourth-order valence-corrected chi connectivity index (χ4v) is 2.59. The van der Waals surface area contributed by atoms with Gasteiger partial charge in [0.25, 0.3) is 0 Å². The van der Waals surface area contributed by atoms with Gasteiger partial charge in [-0.3, -0.25) is 4.79 Å². The lowest BCUT2D eigenvalue weighted by molar-refractivity contribution is -0.125. The quantitative estimate of drug-likeness (QED) is 0.720. The molecule has 6 heteroatoms. The minimum Gasteiger partial charge on any atom is -0.508 e. The van der Waals surface area contributed by atoms with Gasteiger partial charge in [-0.1, -0.05) is 35.5 Å². The molecule has 0 saturated heterocycles. The van der Waals surface area contributed by atoms with Crippen molar-refractivity contribution in [1.82, 2.24) is 19.9 Å². The number of likely N-dealkylation sites (N-methyl/N-ethyl adjacent to an activating group) is 1. The first-order valence-electron chi connectivity index (χ1n) is 8.21. The molecule has 1 N–H and O–H groups in total. The first kappa shape index (κ1) is 17.4. The molecule has 1 heterocycles. The number of benzene rings is 2. The van der Waals surface area contributed by atoms with E-state index in [9.17, 15) is 9.90 Å². The monoisotopic (exact) mass is 348 g/mol. The largest absolute Gasteiger partial charge is 0.508 e. The zero-order valence-corrected chi connectivity index (χ0v) is 14.7. The SMILES string of the molecule is CN(Cc1ccccc1)C(=O)/C=C/c1c(-c2ccc(O)cc2)nnn1C. The Morgan fingerprint density at radius 3 is 2.54 bits per heavy atom. The van der Waals surface area contributed by atoms with Crippen LogP contribution < -0.4 is 0 Å². The maximum atomic E-state index is 12.4. The Kier molecular flexibility index (Phi) is 5.12. The summed E-state index contributed by atoms with van der Waals surface area (Å²) in [5.41, 5.74) is 3.27. The third-order valence-corrected chi connectivity index (χ3v) is 4.03. The predicted molar refractivity (Wildman–Crippen MR) is 100 cm³/mol. The van der Waals surface area contributed by atoms with Crippen LogP contribution in [0.15, 0.2) is 60.7 Å². The molecule has 0 unspecified atom stereocenters. The second kappa shape index (κ2) is 7.65. The average molecular weight is 348 g/mol. The Morgan fingerprint density at radius 1 is 1.15 bits per heavy atom. The molecule has 2 aromatic carbocycles. The van der Waals surface area contributed by atoms with E-state index in [2.05, 4.69) is 10.3 Å². The highest BCUT2D eigenvalue weighted by Gasteiger charge is 2.12. The average Bonchev–Trinajstić information content (AvgIpc) is 3.01. The van der Waals surface area contributed by atoms with Crippen molar-refractivity contribution in [2.45, 2.75) is 6.54 Å². The first-order valence-corrected chi connectivity index (χ1v) is 8.21. The number of aryl methyl sites for hydroxylation is 1. The highest BCUT2D eigenvalue weighted by atomic mass is 16.3. The summed E-state index contributed by atoms with van der Waals surface area (Å²) in [6.07, 6.45) is 3.23. The van der Waals surface area contributed by atoms with Gasteiger partial charge in [0.1, 0.15) is 11.4 Å². The zero-order chi connectivity index (χ0) is 18.5. The number of amides is 1. The molecule has 0 saturated carbocycles. The van der Waals surface area contributed by atoms with Crippen molar-refractivity contribution in [2.75, 3.05) is 7.05 Å². The lowest BCUT2D eigenvalue weighted by atomic mass is 10.1. The predicted octanol–water partition coefficient (Wildman–Crippen LogP) is 2.86. The fourth-order valence-electron chi connectivity index (χ4n) is 2.59. The van der Waals surface area contributed by atoms with Crippen molar-refractivity contribution in [3.63, 3.8) is 0 Å². The van der Waals surface area contributed by atoms with Gasteiger partial charge in [0.15, 0.2) is 0 Å². The summed E-state index contributed by atoms with van der Waals surface area (Å²) in [5, 5.41) is 17.6. The van der Waals surface area contributed by atoms with E-state index in [1.165, 1.54) is 6.08 Å². The van der Waals surface area contributed by atoms with E-state index in [1.807, 2.05) is 30.3 Å². The molecule has 1 amide bonds. The van der Waals surface area contributed by atoms with Gasteiger partial charge in [0.2, 0.25) is 5.91 Å². The summed E-state index contributed by atoms with van der Waals surface area (Å²) < 4.78 is 1.61. The number of aromatic hydroxyl groups is 1. The maximum absolute atomic E-state index is 12.4. The molecular weight excluding hydrogens is 328 g/mol. The van der Waals surface area contributed by atoms with E-state index in [4.69, 9.17) is 0 Å². The van der Waals surface area contributed by atoms with E-state index >= 15 is 0 Å². The second-order valence-electron chi connectivity index (χ2n) is 6.01. The summed E-state index contributed by atoms with van der Waals surface area (Å²) in [7, 11) is 3.54. The van der Waals surface area contributed by atoms with E-state index in [1.54, 1.807) is 54.0 Å². The van der Waals surface area contributed by atoms with Crippen molar-refractivity contribution < 1.29 is 9.90 Å². The van der Waals surface area contributed by atoms with Crippen LogP contribution >= 0.6 is 0 Å². The van der Waals surface area contributed by atoms with Crippen LogP contribution in [0, 0.1) is 0 Å². The van der Waals surface area contributed by atoms with Gasteiger partial charge in [-0.25, -0.2) is 4.68 Å². The van der Waals surface area contributed by atoms with Crippen molar-refractivity contribution in [3.05, 3.63) is 71.9 Å². The summed E-state index contributed by atoms with van der Waals surface area (Å²) in [6.45, 7) is 0.540. The van der Waals surface area contributed by atoms with E-state index in [0.717, 1.165) is 16.8 Å². The smallest absolute Gasteiger partial charge is 0.246 e. The van der Waals surface area contributed by atoms with Gasteiger partial charge in [0.05, 0.1) is 5.69 Å². The molecule has 0 fully saturated rings. The molecule has 132 valence electrons. The van der Waals surface area contributed by atoms with Gasteiger partial charge in [-0.2, -0.15) is 0 Å². The number of aromatic nitrogens is 3. The summed E-state index contributed by atoms with van der Waals surface area (Å²) in [4.78, 5) is 14.1.